The summed E-state index contributed by atoms with van der Waals surface area (Å²) < 4.78 is 13.6. The average molecular weight is 470 g/mol. The second kappa shape index (κ2) is 8.12. The predicted octanol–water partition coefficient (Wildman–Crippen LogP) is 5.49. The molecular weight excluding hydrogens is 449 g/mol. The van der Waals surface area contributed by atoms with Gasteiger partial charge in [0.2, 0.25) is 0 Å². The van der Waals surface area contributed by atoms with E-state index < -0.39 is 0 Å². The van der Waals surface area contributed by atoms with Crippen LogP contribution < -0.4 is 0 Å². The number of nitrogens with one attached hydrogen (secondary N) is 2. The van der Waals surface area contributed by atoms with Crippen molar-refractivity contribution in [3.05, 3.63) is 71.9 Å². The van der Waals surface area contributed by atoms with Crippen LogP contribution in [-0.2, 0) is 6.54 Å². The normalized spacial score (nSPS) is 11.8. The molecule has 5 heterocycles. The molecule has 2 N–H and O–H groups in total. The van der Waals surface area contributed by atoms with Crippen LogP contribution in [0.2, 0.25) is 0 Å². The maximum Gasteiger partial charge on any atom is 0.176 e. The zero-order valence-electron chi connectivity index (χ0n) is 18.5. The van der Waals surface area contributed by atoms with Crippen LogP contribution in [0.15, 0.2) is 61.2 Å². The third-order valence-corrected chi connectivity index (χ3v) is 6.55. The quantitative estimate of drug-likeness (QED) is 0.349. The van der Waals surface area contributed by atoms with Crippen molar-refractivity contribution in [3.63, 3.8) is 0 Å². The first-order chi connectivity index (χ1) is 16.5. The molecular formula is C25H20FN7S. The SMILES string of the molecule is CN(C)Cc1cncc(-c2ccc3[nH]nc(-c4nc5c(-c6ccc(F)s6)cncc5[nH]4)c3c2)c1. The molecule has 0 spiro atoms. The number of H-pyrrole nitrogens is 2. The van der Waals surface area contributed by atoms with Gasteiger partial charge >= 0.3 is 0 Å². The second-order valence-corrected chi connectivity index (χ2v) is 9.46. The first-order valence-corrected chi connectivity index (χ1v) is 11.5. The number of imidazole rings is 1. The van der Waals surface area contributed by atoms with Gasteiger partial charge in [-0.25, -0.2) is 4.98 Å². The lowest BCUT2D eigenvalue weighted by atomic mass is 10.0. The maximum absolute atomic E-state index is 13.6. The molecule has 7 nitrogen and oxygen atoms in total. The predicted molar refractivity (Wildman–Crippen MR) is 133 cm³/mol. The van der Waals surface area contributed by atoms with E-state index >= 15 is 0 Å². The first kappa shape index (κ1) is 20.6. The number of aromatic nitrogens is 6. The van der Waals surface area contributed by atoms with Crippen LogP contribution >= 0.6 is 11.3 Å². The molecule has 0 aliphatic carbocycles. The first-order valence-electron chi connectivity index (χ1n) is 10.7. The second-order valence-electron chi connectivity index (χ2n) is 8.42. The molecule has 0 amide bonds. The molecule has 0 radical (unpaired) electrons. The summed E-state index contributed by atoms with van der Waals surface area (Å²) in [6.07, 6.45) is 7.21. The van der Waals surface area contributed by atoms with Crippen molar-refractivity contribution in [1.82, 2.24) is 35.0 Å². The van der Waals surface area contributed by atoms with E-state index in [9.17, 15) is 4.39 Å². The van der Waals surface area contributed by atoms with Gasteiger partial charge in [-0.15, -0.1) is 11.3 Å². The van der Waals surface area contributed by atoms with E-state index in [4.69, 9.17) is 4.98 Å². The molecule has 5 aromatic heterocycles. The van der Waals surface area contributed by atoms with Crippen molar-refractivity contribution < 1.29 is 4.39 Å². The highest BCUT2D eigenvalue weighted by atomic mass is 32.1. The third kappa shape index (κ3) is 3.64. The van der Waals surface area contributed by atoms with Crippen molar-refractivity contribution in [2.24, 2.45) is 0 Å². The molecule has 0 saturated heterocycles. The van der Waals surface area contributed by atoms with Crippen molar-refractivity contribution >= 4 is 33.3 Å². The van der Waals surface area contributed by atoms with Gasteiger partial charge in [0.1, 0.15) is 11.2 Å². The highest BCUT2D eigenvalue weighted by Gasteiger charge is 2.17. The summed E-state index contributed by atoms with van der Waals surface area (Å²) in [5, 5.41) is 8.35. The van der Waals surface area contributed by atoms with Crippen LogP contribution in [0.25, 0.3) is 55.0 Å². The summed E-state index contributed by atoms with van der Waals surface area (Å²) in [4.78, 5) is 19.8. The standard InChI is InChI=1S/C25H20FN7S/c1-33(2)13-14-7-16(10-27-9-14)15-3-4-19-17(8-15)24(32-31-19)25-29-20-12-28-11-18(23(20)30-25)21-5-6-22(26)34-21/h3-12H,13H2,1-2H3,(H,29,30)(H,31,32). The summed E-state index contributed by atoms with van der Waals surface area (Å²) in [6.45, 7) is 0.823. The van der Waals surface area contributed by atoms with Crippen molar-refractivity contribution in [2.75, 3.05) is 14.1 Å². The molecule has 9 heteroatoms. The van der Waals surface area contributed by atoms with Gasteiger partial charge < -0.3 is 9.88 Å². The van der Waals surface area contributed by atoms with E-state index in [2.05, 4.69) is 48.2 Å². The smallest absolute Gasteiger partial charge is 0.176 e. The van der Waals surface area contributed by atoms with Crippen molar-refractivity contribution in [2.45, 2.75) is 6.54 Å². The highest BCUT2D eigenvalue weighted by molar-refractivity contribution is 7.14. The molecule has 0 unspecified atom stereocenters. The molecule has 1 aromatic carbocycles. The number of benzene rings is 1. The summed E-state index contributed by atoms with van der Waals surface area (Å²) >= 11 is 1.08. The van der Waals surface area contributed by atoms with E-state index in [-0.39, 0.29) is 5.13 Å². The van der Waals surface area contributed by atoms with Crippen LogP contribution in [0.4, 0.5) is 4.39 Å². The Morgan fingerprint density at radius 2 is 1.82 bits per heavy atom. The molecule has 0 bridgehead atoms. The van der Waals surface area contributed by atoms with Crippen LogP contribution in [0, 0.1) is 5.13 Å². The van der Waals surface area contributed by atoms with Gasteiger partial charge in [0.15, 0.2) is 11.0 Å². The largest absolute Gasteiger partial charge is 0.335 e. The molecule has 168 valence electrons. The maximum atomic E-state index is 13.6. The Hall–Kier alpha value is -3.95. The Kier molecular flexibility index (Phi) is 4.93. The fourth-order valence-corrected chi connectivity index (χ4v) is 4.90. The zero-order valence-corrected chi connectivity index (χ0v) is 19.3. The Balaban J connectivity index is 1.45. The fourth-order valence-electron chi connectivity index (χ4n) is 4.16. The van der Waals surface area contributed by atoms with Gasteiger partial charge in [-0.05, 0) is 55.6 Å². The number of nitrogens with zero attached hydrogens (tertiary/aromatic N) is 5. The minimum absolute atomic E-state index is 0.238. The van der Waals surface area contributed by atoms with Crippen molar-refractivity contribution in [1.29, 1.82) is 0 Å². The van der Waals surface area contributed by atoms with Gasteiger partial charge in [0, 0.05) is 46.5 Å². The number of fused-ring (bicyclic) bond motifs is 2. The van der Waals surface area contributed by atoms with Gasteiger partial charge in [0.25, 0.3) is 0 Å². The third-order valence-electron chi connectivity index (χ3n) is 5.65. The minimum atomic E-state index is -0.238. The fraction of sp³-hybridized carbons (Fsp3) is 0.120. The summed E-state index contributed by atoms with van der Waals surface area (Å²) in [5.41, 5.74) is 7.17. The lowest BCUT2D eigenvalue weighted by molar-refractivity contribution is 0.402. The summed E-state index contributed by atoms with van der Waals surface area (Å²) in [7, 11) is 4.08. The number of thiophene rings is 1. The van der Waals surface area contributed by atoms with E-state index in [0.717, 1.165) is 66.9 Å². The molecule has 0 aliphatic heterocycles. The van der Waals surface area contributed by atoms with E-state index in [1.807, 2.05) is 32.6 Å². The molecule has 6 aromatic rings. The minimum Gasteiger partial charge on any atom is -0.335 e. The molecule has 0 atom stereocenters. The Bertz CT molecular complexity index is 1650. The zero-order chi connectivity index (χ0) is 23.2. The van der Waals surface area contributed by atoms with Crippen molar-refractivity contribution in [3.8, 4) is 33.1 Å². The molecule has 0 aliphatic rings. The Morgan fingerprint density at radius 3 is 2.65 bits per heavy atom. The van der Waals surface area contributed by atoms with Crippen LogP contribution in [-0.4, -0.2) is 49.1 Å². The number of halogens is 1. The lowest BCUT2D eigenvalue weighted by Gasteiger charge is -2.10. The summed E-state index contributed by atoms with van der Waals surface area (Å²) in [5.74, 6) is 0.629. The molecule has 6 rings (SSSR count). The average Bonchev–Trinajstić information content (AvgIpc) is 3.55. The van der Waals surface area contributed by atoms with Gasteiger partial charge in [0.05, 0.1) is 17.2 Å². The number of aromatic amines is 2. The van der Waals surface area contributed by atoms with E-state index in [0.29, 0.717) is 11.5 Å². The topological polar surface area (TPSA) is 86.4 Å². The van der Waals surface area contributed by atoms with Crippen LogP contribution in [0.5, 0.6) is 0 Å². The molecule has 0 saturated carbocycles. The van der Waals surface area contributed by atoms with Gasteiger partial charge in [-0.2, -0.15) is 9.49 Å². The number of pyridine rings is 2. The molecule has 34 heavy (non-hydrogen) atoms. The highest BCUT2D eigenvalue weighted by Crippen LogP contribution is 2.34. The summed E-state index contributed by atoms with van der Waals surface area (Å²) in [6, 6.07) is 11.5. The monoisotopic (exact) mass is 469 g/mol. The Morgan fingerprint density at radius 1 is 0.941 bits per heavy atom. The number of hydrogen-bond donors (Lipinski definition) is 2. The number of hydrogen-bond acceptors (Lipinski definition) is 6. The van der Waals surface area contributed by atoms with Crippen LogP contribution in [0.1, 0.15) is 5.56 Å². The van der Waals surface area contributed by atoms with Crippen LogP contribution in [0.3, 0.4) is 0 Å². The Labute approximate surface area is 198 Å². The number of rotatable bonds is 5. The van der Waals surface area contributed by atoms with Gasteiger partial charge in [-0.1, -0.05) is 6.07 Å². The van der Waals surface area contributed by atoms with Gasteiger partial charge in [-0.3, -0.25) is 15.1 Å². The lowest BCUT2D eigenvalue weighted by Crippen LogP contribution is -2.10. The van der Waals surface area contributed by atoms with E-state index in [1.165, 1.54) is 6.07 Å². The molecule has 0 fully saturated rings. The van der Waals surface area contributed by atoms with E-state index in [1.54, 1.807) is 18.5 Å².